The number of amides is 1. The zero-order valence-corrected chi connectivity index (χ0v) is 19.1. The van der Waals surface area contributed by atoms with Crippen molar-refractivity contribution < 1.29 is 9.18 Å². The van der Waals surface area contributed by atoms with E-state index < -0.39 is 0 Å². The monoisotopic (exact) mass is 461 g/mol. The molecule has 1 aliphatic rings. The van der Waals surface area contributed by atoms with Crippen molar-refractivity contribution in [1.29, 1.82) is 0 Å². The Hall–Kier alpha value is -3.36. The van der Waals surface area contributed by atoms with Crippen molar-refractivity contribution >= 4 is 17.2 Å². The summed E-state index contributed by atoms with van der Waals surface area (Å²) in [6, 6.07) is 15.8. The van der Waals surface area contributed by atoms with Gasteiger partial charge < -0.3 is 4.90 Å². The lowest BCUT2D eigenvalue weighted by Crippen LogP contribution is -2.48. The van der Waals surface area contributed by atoms with Crippen LogP contribution in [0.4, 0.5) is 4.39 Å². The summed E-state index contributed by atoms with van der Waals surface area (Å²) < 4.78 is 15.2. The van der Waals surface area contributed by atoms with Gasteiger partial charge >= 0.3 is 0 Å². The maximum Gasteiger partial charge on any atom is 0.257 e. The number of piperazine rings is 1. The Bertz CT molecular complexity index is 1240. The van der Waals surface area contributed by atoms with Crippen molar-refractivity contribution in [1.82, 2.24) is 24.6 Å². The first-order valence-electron chi connectivity index (χ1n) is 10.9. The number of rotatable bonds is 5. The first-order chi connectivity index (χ1) is 16.1. The molecule has 1 fully saturated rings. The Morgan fingerprint density at radius 1 is 1.03 bits per heavy atom. The van der Waals surface area contributed by atoms with E-state index in [4.69, 9.17) is 5.10 Å². The van der Waals surface area contributed by atoms with Gasteiger partial charge in [-0.3, -0.25) is 9.69 Å². The second-order valence-electron chi connectivity index (χ2n) is 8.10. The van der Waals surface area contributed by atoms with Crippen LogP contribution in [0.5, 0.6) is 0 Å². The van der Waals surface area contributed by atoms with Gasteiger partial charge in [-0.1, -0.05) is 18.2 Å². The summed E-state index contributed by atoms with van der Waals surface area (Å²) in [7, 11) is 0. The van der Waals surface area contributed by atoms with Gasteiger partial charge in [0.2, 0.25) is 0 Å². The third-order valence-corrected chi connectivity index (χ3v) is 6.62. The predicted molar refractivity (Wildman–Crippen MR) is 127 cm³/mol. The number of halogens is 1. The molecule has 0 unspecified atom stereocenters. The number of aryl methyl sites for hydroxylation is 1. The normalized spacial score (nSPS) is 14.5. The Morgan fingerprint density at radius 3 is 2.42 bits per heavy atom. The topological polar surface area (TPSA) is 54.3 Å². The first kappa shape index (κ1) is 21.5. The molecule has 1 saturated heterocycles. The number of aromatic nitrogens is 3. The Morgan fingerprint density at radius 2 is 1.76 bits per heavy atom. The number of thiazole rings is 1. The molecule has 168 valence electrons. The SMILES string of the molecule is Cc1nc(CN2CCN(C(=O)c3cn(-c4ccccc4)nc3-c3ccc(F)cc3)CC2)cs1. The van der Waals surface area contributed by atoms with Crippen molar-refractivity contribution in [3.63, 3.8) is 0 Å². The van der Waals surface area contributed by atoms with Crippen LogP contribution in [0.3, 0.4) is 0 Å². The Labute approximate surface area is 195 Å². The van der Waals surface area contributed by atoms with Gasteiger partial charge in [0.25, 0.3) is 5.91 Å². The van der Waals surface area contributed by atoms with Gasteiger partial charge in [-0.05, 0) is 43.3 Å². The molecule has 0 aliphatic carbocycles. The summed E-state index contributed by atoms with van der Waals surface area (Å²) >= 11 is 1.66. The van der Waals surface area contributed by atoms with Crippen molar-refractivity contribution in [3.05, 3.63) is 88.3 Å². The number of carbonyl (C=O) groups excluding carboxylic acids is 1. The van der Waals surface area contributed by atoms with Gasteiger partial charge in [-0.15, -0.1) is 11.3 Å². The van der Waals surface area contributed by atoms with E-state index in [9.17, 15) is 9.18 Å². The average molecular weight is 462 g/mol. The standard InChI is InChI=1S/C25H24FN5OS/c1-18-27-21(17-33-18)15-29-11-13-30(14-12-29)25(32)23-16-31(22-5-3-2-4-6-22)28-24(23)19-7-9-20(26)10-8-19/h2-10,16-17H,11-15H2,1H3. The van der Waals surface area contributed by atoms with Crippen LogP contribution in [-0.2, 0) is 6.54 Å². The molecule has 0 bridgehead atoms. The Balaban J connectivity index is 1.38. The van der Waals surface area contributed by atoms with Gasteiger partial charge in [0.15, 0.2) is 0 Å². The summed E-state index contributed by atoms with van der Waals surface area (Å²) in [6.07, 6.45) is 1.78. The molecule has 33 heavy (non-hydrogen) atoms. The van der Waals surface area contributed by atoms with Gasteiger partial charge in [-0.25, -0.2) is 14.1 Å². The number of hydrogen-bond acceptors (Lipinski definition) is 5. The minimum absolute atomic E-state index is 0.0549. The van der Waals surface area contributed by atoms with Crippen LogP contribution in [0.15, 0.2) is 66.2 Å². The van der Waals surface area contributed by atoms with E-state index in [0.717, 1.165) is 36.0 Å². The molecule has 4 aromatic rings. The van der Waals surface area contributed by atoms with E-state index in [2.05, 4.69) is 15.3 Å². The van der Waals surface area contributed by atoms with Crippen LogP contribution in [-0.4, -0.2) is 56.7 Å². The van der Waals surface area contributed by atoms with Crippen molar-refractivity contribution in [3.8, 4) is 16.9 Å². The minimum Gasteiger partial charge on any atom is -0.336 e. The van der Waals surface area contributed by atoms with Gasteiger partial charge in [0.05, 0.1) is 22.0 Å². The fourth-order valence-corrected chi connectivity index (χ4v) is 4.66. The molecule has 2 aromatic heterocycles. The maximum absolute atomic E-state index is 13.5. The summed E-state index contributed by atoms with van der Waals surface area (Å²) in [5, 5.41) is 7.87. The van der Waals surface area contributed by atoms with Crippen LogP contribution >= 0.6 is 11.3 Å². The van der Waals surface area contributed by atoms with E-state index >= 15 is 0 Å². The van der Waals surface area contributed by atoms with Gasteiger partial charge in [0, 0.05) is 49.9 Å². The maximum atomic E-state index is 13.5. The summed E-state index contributed by atoms with van der Waals surface area (Å²) in [6.45, 7) is 5.68. The zero-order chi connectivity index (χ0) is 22.8. The summed E-state index contributed by atoms with van der Waals surface area (Å²) in [4.78, 5) is 22.3. The number of nitrogens with zero attached hydrogens (tertiary/aromatic N) is 5. The molecular weight excluding hydrogens is 437 g/mol. The van der Waals surface area contributed by atoms with Crippen LogP contribution < -0.4 is 0 Å². The summed E-state index contributed by atoms with van der Waals surface area (Å²) in [5.41, 5.74) is 3.74. The molecule has 0 N–H and O–H groups in total. The number of hydrogen-bond donors (Lipinski definition) is 0. The lowest BCUT2D eigenvalue weighted by atomic mass is 10.1. The van der Waals surface area contributed by atoms with Crippen LogP contribution in [0.25, 0.3) is 16.9 Å². The van der Waals surface area contributed by atoms with Crippen LogP contribution in [0.1, 0.15) is 21.1 Å². The van der Waals surface area contributed by atoms with E-state index in [1.54, 1.807) is 34.3 Å². The average Bonchev–Trinajstić information content (AvgIpc) is 3.47. The highest BCUT2D eigenvalue weighted by molar-refractivity contribution is 7.09. The minimum atomic E-state index is -0.319. The number of carbonyl (C=O) groups is 1. The predicted octanol–water partition coefficient (Wildman–Crippen LogP) is 4.40. The van der Waals surface area contributed by atoms with Crippen molar-refractivity contribution in [2.45, 2.75) is 13.5 Å². The molecule has 0 radical (unpaired) electrons. The molecule has 0 spiro atoms. The highest BCUT2D eigenvalue weighted by Gasteiger charge is 2.27. The van der Waals surface area contributed by atoms with Crippen molar-refractivity contribution in [2.75, 3.05) is 26.2 Å². The second kappa shape index (κ2) is 9.25. The third-order valence-electron chi connectivity index (χ3n) is 5.79. The van der Waals surface area contributed by atoms with E-state index in [-0.39, 0.29) is 11.7 Å². The molecule has 0 atom stereocenters. The molecule has 0 saturated carbocycles. The first-order valence-corrected chi connectivity index (χ1v) is 11.8. The molecular formula is C25H24FN5OS. The molecule has 3 heterocycles. The van der Waals surface area contributed by atoms with E-state index in [1.807, 2.05) is 42.2 Å². The van der Waals surface area contributed by atoms with Crippen LogP contribution in [0.2, 0.25) is 0 Å². The van der Waals surface area contributed by atoms with Gasteiger partial charge in [0.1, 0.15) is 11.5 Å². The van der Waals surface area contributed by atoms with E-state index in [1.165, 1.54) is 12.1 Å². The molecule has 2 aromatic carbocycles. The summed E-state index contributed by atoms with van der Waals surface area (Å²) in [5.74, 6) is -0.374. The highest BCUT2D eigenvalue weighted by Crippen LogP contribution is 2.26. The van der Waals surface area contributed by atoms with Crippen molar-refractivity contribution in [2.24, 2.45) is 0 Å². The largest absolute Gasteiger partial charge is 0.336 e. The number of benzene rings is 2. The molecule has 6 nitrogen and oxygen atoms in total. The Kier molecular flexibility index (Phi) is 6.02. The van der Waals surface area contributed by atoms with Gasteiger partial charge in [-0.2, -0.15) is 5.10 Å². The quantitative estimate of drug-likeness (QED) is 0.442. The lowest BCUT2D eigenvalue weighted by Gasteiger charge is -2.34. The zero-order valence-electron chi connectivity index (χ0n) is 18.3. The lowest BCUT2D eigenvalue weighted by molar-refractivity contribution is 0.0628. The second-order valence-corrected chi connectivity index (χ2v) is 9.17. The smallest absolute Gasteiger partial charge is 0.257 e. The fourth-order valence-electron chi connectivity index (χ4n) is 4.05. The molecule has 1 amide bonds. The fraction of sp³-hybridized carbons (Fsp3) is 0.240. The molecule has 1 aliphatic heterocycles. The number of para-hydroxylation sites is 1. The van der Waals surface area contributed by atoms with Crippen LogP contribution in [0, 0.1) is 12.7 Å². The highest BCUT2D eigenvalue weighted by atomic mass is 32.1. The third kappa shape index (κ3) is 4.72. The van der Waals surface area contributed by atoms with E-state index in [0.29, 0.717) is 29.9 Å². The molecule has 5 rings (SSSR count). The molecule has 8 heteroatoms.